The molecule has 4 nitrogen and oxygen atoms in total. The van der Waals surface area contributed by atoms with E-state index in [0.29, 0.717) is 13.0 Å². The summed E-state index contributed by atoms with van der Waals surface area (Å²) in [6.07, 6.45) is 4.70. The average Bonchev–Trinajstić information content (AvgIpc) is 2.99. The predicted octanol–water partition coefficient (Wildman–Crippen LogP) is 2.41. The fraction of sp³-hybridized carbons (Fsp3) is 0.588. The lowest BCUT2D eigenvalue weighted by molar-refractivity contribution is -0.141. The molecule has 1 aromatic rings. The zero-order valence-electron chi connectivity index (χ0n) is 12.4. The molecule has 2 unspecified atom stereocenters. The molecule has 1 aromatic carbocycles. The van der Waals surface area contributed by atoms with Gasteiger partial charge in [-0.3, -0.25) is 9.69 Å². The minimum absolute atomic E-state index is 0.190. The van der Waals surface area contributed by atoms with Gasteiger partial charge in [0.05, 0.1) is 5.92 Å². The molecule has 2 fully saturated rings. The molecule has 0 aromatic heterocycles. The van der Waals surface area contributed by atoms with E-state index in [-0.39, 0.29) is 12.0 Å². The first-order valence-electron chi connectivity index (χ1n) is 8.00. The van der Waals surface area contributed by atoms with Crippen LogP contribution in [0.2, 0.25) is 0 Å². The summed E-state index contributed by atoms with van der Waals surface area (Å²) >= 11 is 0. The van der Waals surface area contributed by atoms with Gasteiger partial charge in [0.25, 0.3) is 0 Å². The van der Waals surface area contributed by atoms with Crippen molar-refractivity contribution in [1.82, 2.24) is 10.2 Å². The van der Waals surface area contributed by atoms with E-state index in [1.807, 2.05) is 0 Å². The van der Waals surface area contributed by atoms with E-state index in [2.05, 4.69) is 34.5 Å². The Balaban J connectivity index is 1.58. The van der Waals surface area contributed by atoms with Gasteiger partial charge in [0, 0.05) is 19.1 Å². The molecule has 0 bridgehead atoms. The summed E-state index contributed by atoms with van der Waals surface area (Å²) in [5, 5.41) is 12.4. The highest BCUT2D eigenvalue weighted by Gasteiger charge is 2.29. The second-order valence-electron chi connectivity index (χ2n) is 6.31. The van der Waals surface area contributed by atoms with Crippen molar-refractivity contribution in [2.75, 3.05) is 19.6 Å². The maximum atomic E-state index is 11.0. The zero-order chi connectivity index (χ0) is 14.7. The Morgan fingerprint density at radius 2 is 1.90 bits per heavy atom. The van der Waals surface area contributed by atoms with Gasteiger partial charge in [-0.1, -0.05) is 30.7 Å². The number of carbonyl (C=O) groups is 1. The van der Waals surface area contributed by atoms with Crippen molar-refractivity contribution in [2.24, 2.45) is 5.92 Å². The van der Waals surface area contributed by atoms with Gasteiger partial charge in [-0.05, 0) is 43.5 Å². The fourth-order valence-corrected chi connectivity index (χ4v) is 3.41. The molecule has 4 heteroatoms. The van der Waals surface area contributed by atoms with Crippen molar-refractivity contribution in [2.45, 2.75) is 38.3 Å². The molecule has 3 rings (SSSR count). The number of nitrogens with one attached hydrogen (secondary N) is 1. The molecular weight excluding hydrogens is 264 g/mol. The molecule has 2 heterocycles. The Bertz CT molecular complexity index is 480. The number of hydrogen-bond donors (Lipinski definition) is 2. The van der Waals surface area contributed by atoms with E-state index in [1.54, 1.807) is 0 Å². The third kappa shape index (κ3) is 3.63. The summed E-state index contributed by atoms with van der Waals surface area (Å²) in [5.74, 6) is -0.935. The number of aliphatic carboxylic acids is 1. The molecule has 0 aliphatic carbocycles. The summed E-state index contributed by atoms with van der Waals surface area (Å²) < 4.78 is 0. The van der Waals surface area contributed by atoms with Crippen molar-refractivity contribution in [3.63, 3.8) is 0 Å². The van der Waals surface area contributed by atoms with Gasteiger partial charge in [0.1, 0.15) is 0 Å². The normalized spacial score (nSPS) is 26.9. The summed E-state index contributed by atoms with van der Waals surface area (Å²) in [7, 11) is 0. The molecule has 2 aliphatic rings. The van der Waals surface area contributed by atoms with Crippen molar-refractivity contribution >= 4 is 5.97 Å². The predicted molar refractivity (Wildman–Crippen MR) is 82.1 cm³/mol. The number of piperidine rings is 1. The Labute approximate surface area is 126 Å². The van der Waals surface area contributed by atoms with E-state index in [1.165, 1.54) is 43.5 Å². The van der Waals surface area contributed by atoms with Crippen molar-refractivity contribution in [3.05, 3.63) is 35.4 Å². The largest absolute Gasteiger partial charge is 0.481 e. The molecule has 2 aliphatic heterocycles. The topological polar surface area (TPSA) is 52.6 Å². The third-order valence-corrected chi connectivity index (χ3v) is 4.72. The molecular formula is C17H24N2O2. The second-order valence-corrected chi connectivity index (χ2v) is 6.31. The first-order valence-corrected chi connectivity index (χ1v) is 8.00. The number of carboxylic acids is 1. The lowest BCUT2D eigenvalue weighted by Crippen LogP contribution is -2.29. The lowest BCUT2D eigenvalue weighted by atomic mass is 9.99. The molecule has 0 saturated carbocycles. The van der Waals surface area contributed by atoms with Gasteiger partial charge >= 0.3 is 5.97 Å². The summed E-state index contributed by atoms with van der Waals surface area (Å²) in [6.45, 7) is 4.05. The van der Waals surface area contributed by atoms with E-state index in [9.17, 15) is 4.79 Å². The maximum absolute atomic E-state index is 11.0. The Kier molecular flexibility index (Phi) is 4.56. The van der Waals surface area contributed by atoms with E-state index < -0.39 is 5.97 Å². The first-order chi connectivity index (χ1) is 10.2. The van der Waals surface area contributed by atoms with Crippen molar-refractivity contribution in [1.29, 1.82) is 0 Å². The third-order valence-electron chi connectivity index (χ3n) is 4.72. The van der Waals surface area contributed by atoms with Crippen LogP contribution in [-0.2, 0) is 11.3 Å². The van der Waals surface area contributed by atoms with Gasteiger partial charge in [0.2, 0.25) is 0 Å². The van der Waals surface area contributed by atoms with Crippen LogP contribution < -0.4 is 5.32 Å². The van der Waals surface area contributed by atoms with Gasteiger partial charge < -0.3 is 10.4 Å². The van der Waals surface area contributed by atoms with Gasteiger partial charge in [-0.15, -0.1) is 0 Å². The quantitative estimate of drug-likeness (QED) is 0.893. The highest BCUT2D eigenvalue weighted by Crippen LogP contribution is 2.27. The molecule has 0 radical (unpaired) electrons. The van der Waals surface area contributed by atoms with Crippen LogP contribution in [0.3, 0.4) is 0 Å². The van der Waals surface area contributed by atoms with Crippen molar-refractivity contribution in [3.8, 4) is 0 Å². The van der Waals surface area contributed by atoms with Crippen LogP contribution in [0.4, 0.5) is 0 Å². The van der Waals surface area contributed by atoms with Gasteiger partial charge in [0.15, 0.2) is 0 Å². The highest BCUT2D eigenvalue weighted by atomic mass is 16.4. The molecule has 2 saturated heterocycles. The number of nitrogens with zero attached hydrogens (tertiary/aromatic N) is 1. The summed E-state index contributed by atoms with van der Waals surface area (Å²) in [4.78, 5) is 13.5. The van der Waals surface area contributed by atoms with E-state index in [4.69, 9.17) is 5.11 Å². The van der Waals surface area contributed by atoms with Gasteiger partial charge in [-0.2, -0.15) is 0 Å². The Morgan fingerprint density at radius 3 is 2.52 bits per heavy atom. The molecule has 0 amide bonds. The minimum Gasteiger partial charge on any atom is -0.481 e. The number of benzene rings is 1. The lowest BCUT2D eigenvalue weighted by Gasteiger charge is -2.26. The number of rotatable bonds is 4. The van der Waals surface area contributed by atoms with E-state index >= 15 is 0 Å². The van der Waals surface area contributed by atoms with E-state index in [0.717, 1.165) is 6.54 Å². The van der Waals surface area contributed by atoms with Crippen LogP contribution in [0, 0.1) is 5.92 Å². The average molecular weight is 288 g/mol. The molecule has 114 valence electrons. The molecule has 2 atom stereocenters. The number of likely N-dealkylation sites (tertiary alicyclic amines) is 1. The molecule has 0 spiro atoms. The highest BCUT2D eigenvalue weighted by molar-refractivity contribution is 5.70. The van der Waals surface area contributed by atoms with Crippen LogP contribution >= 0.6 is 0 Å². The zero-order valence-corrected chi connectivity index (χ0v) is 12.4. The number of hydrogen-bond acceptors (Lipinski definition) is 3. The minimum atomic E-state index is -0.688. The smallest absolute Gasteiger partial charge is 0.307 e. The van der Waals surface area contributed by atoms with Crippen LogP contribution in [0.15, 0.2) is 24.3 Å². The van der Waals surface area contributed by atoms with Crippen LogP contribution in [0.25, 0.3) is 0 Å². The SMILES string of the molecule is O=C(O)C1CNC(c2ccc(CN3CCCCC3)cc2)C1. The Morgan fingerprint density at radius 1 is 1.19 bits per heavy atom. The van der Waals surface area contributed by atoms with Crippen LogP contribution in [0.5, 0.6) is 0 Å². The summed E-state index contributed by atoms with van der Waals surface area (Å²) in [6, 6.07) is 8.89. The standard InChI is InChI=1S/C17H24N2O2/c20-17(21)15-10-16(18-11-15)14-6-4-13(5-7-14)12-19-8-2-1-3-9-19/h4-7,15-16,18H,1-3,8-12H2,(H,20,21). The fourth-order valence-electron chi connectivity index (χ4n) is 3.41. The van der Waals surface area contributed by atoms with Crippen molar-refractivity contribution < 1.29 is 9.90 Å². The monoisotopic (exact) mass is 288 g/mol. The number of carboxylic acid groups (broad SMARTS) is 1. The second kappa shape index (κ2) is 6.58. The molecule has 21 heavy (non-hydrogen) atoms. The Hall–Kier alpha value is -1.39. The van der Waals surface area contributed by atoms with Gasteiger partial charge in [-0.25, -0.2) is 0 Å². The maximum Gasteiger partial charge on any atom is 0.307 e. The van der Waals surface area contributed by atoms with Crippen LogP contribution in [0.1, 0.15) is 42.9 Å². The first kappa shape index (κ1) is 14.5. The summed E-state index contributed by atoms with van der Waals surface area (Å²) in [5.41, 5.74) is 2.56. The van der Waals surface area contributed by atoms with Crippen LogP contribution in [-0.4, -0.2) is 35.6 Å². The molecule has 2 N–H and O–H groups in total.